The van der Waals surface area contributed by atoms with Crippen molar-refractivity contribution in [1.82, 2.24) is 0 Å². The van der Waals surface area contributed by atoms with Crippen molar-refractivity contribution in [3.63, 3.8) is 0 Å². The monoisotopic (exact) mass is 271 g/mol. The van der Waals surface area contributed by atoms with Crippen LogP contribution in [0.1, 0.15) is 34.0 Å². The number of nitrogens with zero attached hydrogens (tertiary/aromatic N) is 2. The summed E-state index contributed by atoms with van der Waals surface area (Å²) in [7, 11) is 0. The average Bonchev–Trinajstić information content (AvgIpc) is 3.25. The minimum Gasteiger partial charge on any atom is -1.00 e. The molecule has 0 bridgehead atoms. The van der Waals surface area contributed by atoms with Crippen LogP contribution >= 0.6 is 0 Å². The van der Waals surface area contributed by atoms with Crippen molar-refractivity contribution in [3.8, 4) is 6.07 Å². The Bertz CT molecular complexity index is 387. The van der Waals surface area contributed by atoms with Gasteiger partial charge in [0.25, 0.3) is 5.54 Å². The summed E-state index contributed by atoms with van der Waals surface area (Å²) in [5.74, 6) is -0.350. The number of carbonyl (C=O) groups excluding carboxylic acids is 1. The van der Waals surface area contributed by atoms with Crippen LogP contribution < -0.4 is 29.6 Å². The molecule has 0 amide bonds. The van der Waals surface area contributed by atoms with Gasteiger partial charge in [-0.15, -0.1) is 0 Å². The van der Waals surface area contributed by atoms with Crippen LogP contribution in [-0.4, -0.2) is 38.2 Å². The summed E-state index contributed by atoms with van der Waals surface area (Å²) in [4.78, 5) is 14.2. The molecule has 97 valence electrons. The molecule has 7 heteroatoms. The third-order valence-electron chi connectivity index (χ3n) is 2.99. The van der Waals surface area contributed by atoms with E-state index in [4.69, 9.17) is 21.7 Å². The van der Waals surface area contributed by atoms with Crippen molar-refractivity contribution < 1.29 is 45.6 Å². The molecule has 2 aliphatic carbocycles. The zero-order valence-corrected chi connectivity index (χ0v) is 13.5. The quantitative estimate of drug-likeness (QED) is 0.367. The Morgan fingerprint density at radius 1 is 1.53 bits per heavy atom. The molecule has 0 saturated heterocycles. The van der Waals surface area contributed by atoms with Crippen molar-refractivity contribution >= 4 is 14.4 Å². The molecule has 2 rings (SSSR count). The third kappa shape index (κ3) is 5.54. The first-order chi connectivity index (χ1) is 8.08. The minimum atomic E-state index is -0.754. The van der Waals surface area contributed by atoms with Crippen LogP contribution in [0.25, 0.3) is 4.85 Å². The van der Waals surface area contributed by atoms with Gasteiger partial charge in [0.15, 0.2) is 5.41 Å². The predicted molar refractivity (Wildman–Crippen MR) is 66.4 cm³/mol. The number of nitriles is 1. The molecule has 2 aliphatic rings. The Kier molecular flexibility index (Phi) is 9.42. The zero-order chi connectivity index (χ0) is 12.9. The fourth-order valence-corrected chi connectivity index (χ4v) is 1.21. The number of aliphatic hydroxyl groups excluding tert-OH is 1. The fraction of sp³-hybridized carbons (Fsp3) is 0.750. The summed E-state index contributed by atoms with van der Waals surface area (Å²) < 4.78 is 4.70. The average molecular weight is 271 g/mol. The van der Waals surface area contributed by atoms with Crippen LogP contribution in [0.5, 0.6) is 0 Å². The van der Waals surface area contributed by atoms with Gasteiger partial charge in [-0.3, -0.25) is 4.79 Å². The molecule has 0 unspecified atom stereocenters. The normalized spacial score (nSPS) is 18.7. The van der Waals surface area contributed by atoms with Gasteiger partial charge >= 0.3 is 35.5 Å². The van der Waals surface area contributed by atoms with Gasteiger partial charge in [0.1, 0.15) is 6.61 Å². The van der Waals surface area contributed by atoms with Gasteiger partial charge in [0.05, 0.1) is 12.7 Å². The second-order valence-electron chi connectivity index (χ2n) is 4.41. The molecule has 19 heavy (non-hydrogen) atoms. The molecule has 3 radical (unpaired) electrons. The molecule has 0 heterocycles. The van der Waals surface area contributed by atoms with Crippen LogP contribution in [0.2, 0.25) is 0 Å². The standard InChI is InChI=1S/C7H9NO2.C5H7NO.B.Na.H/c1-2-10-6(9)7(5-8)3-4-7;1-6-5(4-7)2-3-5;;;/h2-4H2,1H3;7H,2-4H2;;;/q;;;+1;-1. The van der Waals surface area contributed by atoms with E-state index in [1.165, 1.54) is 0 Å². The second kappa shape index (κ2) is 8.61. The smallest absolute Gasteiger partial charge is 1.00 e. The summed E-state index contributed by atoms with van der Waals surface area (Å²) in [5.41, 5.74) is -1.07. The number of rotatable bonds is 3. The Morgan fingerprint density at radius 2 is 2.05 bits per heavy atom. The van der Waals surface area contributed by atoms with E-state index in [1.54, 1.807) is 6.92 Å². The number of ether oxygens (including phenoxy) is 1. The Balaban J connectivity index is -0.000000262. The van der Waals surface area contributed by atoms with Gasteiger partial charge in [-0.2, -0.15) is 5.26 Å². The summed E-state index contributed by atoms with van der Waals surface area (Å²) in [6.07, 6.45) is 3.13. The maximum absolute atomic E-state index is 10.9. The molecule has 5 nitrogen and oxygen atoms in total. The summed E-state index contributed by atoms with van der Waals surface area (Å²) in [6.45, 7) is 8.69. The molecule has 0 aliphatic heterocycles. The summed E-state index contributed by atoms with van der Waals surface area (Å²) in [5, 5.41) is 16.9. The molecule has 0 aromatic heterocycles. The molecule has 2 fully saturated rings. The van der Waals surface area contributed by atoms with E-state index in [0.717, 1.165) is 12.8 Å². The Morgan fingerprint density at radius 3 is 2.21 bits per heavy atom. The first-order valence-electron chi connectivity index (χ1n) is 5.66. The van der Waals surface area contributed by atoms with Gasteiger partial charge in [-0.1, -0.05) is 0 Å². The summed E-state index contributed by atoms with van der Waals surface area (Å²) >= 11 is 0. The van der Waals surface area contributed by atoms with Crippen LogP contribution in [0.4, 0.5) is 0 Å². The maximum atomic E-state index is 10.9. The first kappa shape index (κ1) is 20.8. The van der Waals surface area contributed by atoms with Crippen LogP contribution in [0.3, 0.4) is 0 Å². The molecule has 0 aromatic carbocycles. The van der Waals surface area contributed by atoms with Crippen molar-refractivity contribution in [2.45, 2.75) is 38.1 Å². The van der Waals surface area contributed by atoms with Gasteiger partial charge in [-0.25, -0.2) is 6.57 Å². The minimum absolute atomic E-state index is 0. The second-order valence-corrected chi connectivity index (χ2v) is 4.41. The molecule has 0 atom stereocenters. The topological polar surface area (TPSA) is 74.7 Å². The van der Waals surface area contributed by atoms with Crippen molar-refractivity contribution in [3.05, 3.63) is 11.4 Å². The van der Waals surface area contributed by atoms with E-state index in [9.17, 15) is 4.79 Å². The molecule has 1 N–H and O–H groups in total. The van der Waals surface area contributed by atoms with E-state index >= 15 is 0 Å². The van der Waals surface area contributed by atoms with Gasteiger partial charge in [0, 0.05) is 21.3 Å². The fourth-order valence-electron chi connectivity index (χ4n) is 1.21. The van der Waals surface area contributed by atoms with E-state index in [-0.39, 0.29) is 57.5 Å². The van der Waals surface area contributed by atoms with Gasteiger partial charge < -0.3 is 16.1 Å². The molecular formula is C12H17BN2NaO3. The number of hydrogen-bond acceptors (Lipinski definition) is 4. The first-order valence-corrected chi connectivity index (χ1v) is 5.66. The number of esters is 1. The van der Waals surface area contributed by atoms with E-state index < -0.39 is 5.41 Å². The number of hydrogen-bond donors (Lipinski definition) is 1. The maximum Gasteiger partial charge on any atom is 1.00 e. The zero-order valence-electron chi connectivity index (χ0n) is 12.5. The molecular weight excluding hydrogens is 254 g/mol. The Labute approximate surface area is 139 Å². The molecule has 0 spiro atoms. The molecule has 0 aromatic rings. The van der Waals surface area contributed by atoms with Gasteiger partial charge in [-0.05, 0) is 19.8 Å². The predicted octanol–water partition coefficient (Wildman–Crippen LogP) is -1.98. The van der Waals surface area contributed by atoms with E-state index in [2.05, 4.69) is 4.85 Å². The SMILES string of the molecule is CCOC(=O)C1(C#N)CC1.[B].[C-]#[N+]C1(CO)CC1.[H-].[Na+]. The number of aliphatic hydroxyl groups is 1. The van der Waals surface area contributed by atoms with E-state index in [1.807, 2.05) is 6.07 Å². The Hall–Kier alpha value is -0.525. The van der Waals surface area contributed by atoms with Crippen LogP contribution in [0.15, 0.2) is 0 Å². The molecule has 2 saturated carbocycles. The van der Waals surface area contributed by atoms with Crippen molar-refractivity contribution in [1.29, 1.82) is 5.26 Å². The van der Waals surface area contributed by atoms with Crippen LogP contribution in [-0.2, 0) is 9.53 Å². The van der Waals surface area contributed by atoms with Crippen LogP contribution in [0, 0.1) is 23.3 Å². The largest absolute Gasteiger partial charge is 1.00 e. The van der Waals surface area contributed by atoms with E-state index in [0.29, 0.717) is 19.4 Å². The third-order valence-corrected chi connectivity index (χ3v) is 2.99. The summed E-state index contributed by atoms with van der Waals surface area (Å²) in [6, 6.07) is 1.96. The van der Waals surface area contributed by atoms with Gasteiger partial charge in [0.2, 0.25) is 0 Å². The van der Waals surface area contributed by atoms with Crippen molar-refractivity contribution in [2.24, 2.45) is 5.41 Å². The number of carbonyl (C=O) groups is 1. The van der Waals surface area contributed by atoms with Crippen molar-refractivity contribution in [2.75, 3.05) is 13.2 Å².